The van der Waals surface area contributed by atoms with Gasteiger partial charge in [-0.15, -0.1) is 29.3 Å². The van der Waals surface area contributed by atoms with Crippen molar-refractivity contribution < 1.29 is 30.0 Å². The predicted molar refractivity (Wildman–Crippen MR) is 225 cm³/mol. The Morgan fingerprint density at radius 3 is 2.04 bits per heavy atom. The minimum absolute atomic E-state index is 0. The van der Waals surface area contributed by atoms with Gasteiger partial charge < -0.3 is 5.11 Å². The van der Waals surface area contributed by atoms with E-state index in [1.165, 1.54) is 59.3 Å². The summed E-state index contributed by atoms with van der Waals surface area (Å²) in [5.74, 6) is 0.412. The number of nitrogens with zero attached hydrogens (tertiary/aromatic N) is 1. The molecule has 0 atom stereocenters. The van der Waals surface area contributed by atoms with Gasteiger partial charge in [-0.3, -0.25) is 9.78 Å². The number of pyridine rings is 1. The Bertz CT molecular complexity index is 2100. The minimum atomic E-state index is -0.207. The van der Waals surface area contributed by atoms with E-state index in [9.17, 15) is 9.90 Å². The predicted octanol–water partition coefficient (Wildman–Crippen LogP) is 14.3. The fraction of sp³-hybridized carbons (Fsp3) is 0.458. The molecule has 0 saturated carbocycles. The van der Waals surface area contributed by atoms with Crippen molar-refractivity contribution in [3.8, 4) is 11.3 Å². The van der Waals surface area contributed by atoms with Crippen LogP contribution < -0.4 is 0 Å². The summed E-state index contributed by atoms with van der Waals surface area (Å²) in [6.07, 6.45) is 9.86. The average Bonchev–Trinajstić information content (AvgIpc) is 3.10. The summed E-state index contributed by atoms with van der Waals surface area (Å²) in [6, 6.07) is 24.0. The average molecular weight is 907 g/mol. The summed E-state index contributed by atoms with van der Waals surface area (Å²) >= 11 is 1.93. The second kappa shape index (κ2) is 17.2. The Hall–Kier alpha value is -2.98. The van der Waals surface area contributed by atoms with Gasteiger partial charge in [-0.1, -0.05) is 129 Å². The molecule has 4 aromatic carbocycles. The van der Waals surface area contributed by atoms with Crippen LogP contribution in [-0.2, 0) is 37.7 Å². The van der Waals surface area contributed by atoms with Crippen molar-refractivity contribution in [2.75, 3.05) is 0 Å². The molecule has 53 heavy (non-hydrogen) atoms. The summed E-state index contributed by atoms with van der Waals surface area (Å²) in [5.41, 5.74) is 5.31. The van der Waals surface area contributed by atoms with E-state index in [-0.39, 0.29) is 53.8 Å². The van der Waals surface area contributed by atoms with Crippen molar-refractivity contribution in [1.29, 1.82) is 0 Å². The van der Waals surface area contributed by atoms with Crippen LogP contribution in [0.3, 0.4) is 0 Å². The summed E-state index contributed by atoms with van der Waals surface area (Å²) in [4.78, 5) is 19.6. The fourth-order valence-corrected chi connectivity index (χ4v) is 9.22. The molecule has 2 heterocycles. The van der Waals surface area contributed by atoms with Crippen molar-refractivity contribution in [2.24, 2.45) is 22.2 Å². The van der Waals surface area contributed by atoms with E-state index in [0.717, 1.165) is 56.2 Å². The topological polar surface area (TPSA) is 50.2 Å². The second-order valence-corrected chi connectivity index (χ2v) is 18.2. The number of carbonyl (C=O) groups excluding carboxylic acids is 1. The summed E-state index contributed by atoms with van der Waals surface area (Å²) in [7, 11) is 0. The largest absolute Gasteiger partial charge is 0.512 e. The molecule has 0 unspecified atom stereocenters. The van der Waals surface area contributed by atoms with Gasteiger partial charge in [0.2, 0.25) is 0 Å². The second-order valence-electron chi connectivity index (χ2n) is 17.2. The first-order valence-corrected chi connectivity index (χ1v) is 20.3. The molecular weight excluding hydrogens is 847 g/mol. The van der Waals surface area contributed by atoms with E-state index in [2.05, 4.69) is 123 Å². The molecular formula is C48H60IrNO2S-. The summed E-state index contributed by atoms with van der Waals surface area (Å²) < 4.78 is 0. The van der Waals surface area contributed by atoms with Gasteiger partial charge in [0, 0.05) is 54.3 Å². The van der Waals surface area contributed by atoms with Gasteiger partial charge in [0.1, 0.15) is 5.76 Å². The standard InChI is InChI=1S/C33H32NS.C15H28O2.Ir/c1-32(2,3)18-21-11-9-13-23-24-14-15-34-30-26-16-20-10-7-8-12-22(20)27(19-33(4,5)6)31(26)35-28(29(24)30)17-25(21)23;1-6-12(7-2)13(16)11-14(17)15(8-3,9-4)10-5;/h7-15,17H,18-19H2,1-6H3;11-12,17H,6-10H2,1-5H3;/q-1;;/b;14-11-;. The smallest absolute Gasteiger partial charge is 0.162 e. The molecule has 6 rings (SSSR count). The van der Waals surface area contributed by atoms with Crippen LogP contribution in [-0.4, -0.2) is 15.9 Å². The molecule has 1 aromatic heterocycles. The number of ketones is 1. The molecule has 0 bridgehead atoms. The van der Waals surface area contributed by atoms with Gasteiger partial charge >= 0.3 is 0 Å². The van der Waals surface area contributed by atoms with Crippen molar-refractivity contribution in [1.82, 2.24) is 4.98 Å². The molecule has 5 aromatic rings. The fourth-order valence-electron chi connectivity index (χ4n) is 7.96. The Kier molecular flexibility index (Phi) is 13.9. The molecule has 1 radical (unpaired) electrons. The first-order valence-electron chi connectivity index (χ1n) is 19.5. The van der Waals surface area contributed by atoms with Crippen LogP contribution in [0.4, 0.5) is 0 Å². The van der Waals surface area contributed by atoms with E-state index in [4.69, 9.17) is 4.98 Å². The van der Waals surface area contributed by atoms with Crippen LogP contribution in [0, 0.1) is 28.2 Å². The van der Waals surface area contributed by atoms with Crippen LogP contribution in [0.25, 0.3) is 43.6 Å². The van der Waals surface area contributed by atoms with Crippen LogP contribution in [0.5, 0.6) is 0 Å². The summed E-state index contributed by atoms with van der Waals surface area (Å²) in [5, 5.41) is 18.0. The van der Waals surface area contributed by atoms with Crippen LogP contribution >= 0.6 is 11.8 Å². The maximum Gasteiger partial charge on any atom is 0.162 e. The molecule has 0 amide bonds. The Morgan fingerprint density at radius 1 is 0.811 bits per heavy atom. The zero-order valence-corrected chi connectivity index (χ0v) is 37.1. The van der Waals surface area contributed by atoms with E-state index >= 15 is 0 Å². The van der Waals surface area contributed by atoms with Crippen LogP contribution in [0.2, 0.25) is 0 Å². The number of benzene rings is 4. The Balaban J connectivity index is 0.000000299. The molecule has 0 spiro atoms. The molecule has 5 heteroatoms. The van der Waals surface area contributed by atoms with Gasteiger partial charge in [0.15, 0.2) is 5.78 Å². The minimum Gasteiger partial charge on any atom is -0.512 e. The first-order chi connectivity index (χ1) is 24.6. The van der Waals surface area contributed by atoms with E-state index in [0.29, 0.717) is 0 Å². The molecule has 285 valence electrons. The molecule has 0 saturated heterocycles. The number of aliphatic hydroxyl groups is 1. The van der Waals surface area contributed by atoms with Crippen molar-refractivity contribution in [3.63, 3.8) is 0 Å². The molecule has 3 nitrogen and oxygen atoms in total. The van der Waals surface area contributed by atoms with Crippen molar-refractivity contribution in [3.05, 3.63) is 89.8 Å². The number of rotatable bonds is 10. The van der Waals surface area contributed by atoms with Crippen molar-refractivity contribution >= 4 is 49.9 Å². The Morgan fingerprint density at radius 2 is 1.43 bits per heavy atom. The number of fused-ring (bicyclic) bond motifs is 5. The zero-order valence-electron chi connectivity index (χ0n) is 33.9. The van der Waals surface area contributed by atoms with E-state index in [1.807, 2.05) is 31.8 Å². The zero-order chi connectivity index (χ0) is 38.0. The normalized spacial score (nSPS) is 13.2. The van der Waals surface area contributed by atoms with Crippen molar-refractivity contribution in [2.45, 2.75) is 131 Å². The summed E-state index contributed by atoms with van der Waals surface area (Å²) in [6.45, 7) is 24.2. The van der Waals surface area contributed by atoms with Gasteiger partial charge in [-0.05, 0) is 99.9 Å². The molecule has 1 N–H and O–H groups in total. The van der Waals surface area contributed by atoms with Crippen LogP contribution in [0.15, 0.2) is 82.4 Å². The third kappa shape index (κ3) is 9.12. The van der Waals surface area contributed by atoms with E-state index < -0.39 is 0 Å². The van der Waals surface area contributed by atoms with Gasteiger partial charge in [0.05, 0.1) is 0 Å². The molecule has 1 aliphatic rings. The number of hydrogen-bond donors (Lipinski definition) is 1. The third-order valence-electron chi connectivity index (χ3n) is 11.1. The number of allylic oxidation sites excluding steroid dienone is 2. The molecule has 0 aliphatic carbocycles. The molecule has 0 fully saturated rings. The van der Waals surface area contributed by atoms with E-state index in [1.54, 1.807) is 0 Å². The SMILES string of the molecule is CC(C)(C)Cc1c2c([c-]c3ccccc13)-c1nccc3c1c(cc1c(CC(C)(C)C)cccc13)S2.CCC(CC)C(=O)/C=C(\O)C(CC)(CC)CC.[Ir]. The monoisotopic (exact) mass is 907 g/mol. The quantitative estimate of drug-likeness (QED) is 0.0644. The van der Waals surface area contributed by atoms with Gasteiger partial charge in [-0.25, -0.2) is 0 Å². The maximum absolute atomic E-state index is 12.0. The number of carbonyl (C=O) groups is 1. The van der Waals surface area contributed by atoms with Gasteiger partial charge in [-0.2, -0.15) is 0 Å². The Labute approximate surface area is 337 Å². The van der Waals surface area contributed by atoms with Gasteiger partial charge in [0.25, 0.3) is 0 Å². The first kappa shape index (κ1) is 42.8. The number of hydrogen-bond acceptors (Lipinski definition) is 4. The molecule has 1 aliphatic heterocycles. The number of aromatic nitrogens is 1. The third-order valence-corrected chi connectivity index (χ3v) is 12.3. The number of aliphatic hydroxyl groups excluding tert-OH is 1. The van der Waals surface area contributed by atoms with Crippen LogP contribution in [0.1, 0.15) is 119 Å². The maximum atomic E-state index is 12.0.